The molecule has 38 heavy (non-hydrogen) atoms. The minimum absolute atomic E-state index is 0.0835. The lowest BCUT2D eigenvalue weighted by Crippen LogP contribution is -2.41. The van der Waals surface area contributed by atoms with Crippen LogP contribution < -0.4 is 10.1 Å². The molecule has 12 heteroatoms. The van der Waals surface area contributed by atoms with Crippen LogP contribution in [0.15, 0.2) is 42.6 Å². The van der Waals surface area contributed by atoms with Gasteiger partial charge in [-0.1, -0.05) is 38.4 Å². The second-order valence-electron chi connectivity index (χ2n) is 10.3. The number of alkyl halides is 3. The predicted molar refractivity (Wildman–Crippen MR) is 143 cm³/mol. The second kappa shape index (κ2) is 11.4. The Morgan fingerprint density at radius 3 is 2.45 bits per heavy atom. The zero-order valence-corrected chi connectivity index (χ0v) is 23.8. The Morgan fingerprint density at radius 1 is 1.08 bits per heavy atom. The summed E-state index contributed by atoms with van der Waals surface area (Å²) in [6.45, 7) is 13.4. The third kappa shape index (κ3) is 7.52. The van der Waals surface area contributed by atoms with Gasteiger partial charge in [-0.05, 0) is 66.0 Å². The largest absolute Gasteiger partial charge is 0.475 e. The molecule has 1 amide bonds. The van der Waals surface area contributed by atoms with E-state index in [0.29, 0.717) is 42.6 Å². The zero-order valence-electron chi connectivity index (χ0n) is 22.0. The predicted octanol–water partition coefficient (Wildman–Crippen LogP) is 7.17. The normalized spacial score (nSPS) is 12.4. The Balaban J connectivity index is 1.76. The first-order valence-electron chi connectivity index (χ1n) is 11.8. The number of nitrogens with zero attached hydrogens (tertiary/aromatic N) is 3. The van der Waals surface area contributed by atoms with E-state index in [-0.39, 0.29) is 10.2 Å². The van der Waals surface area contributed by atoms with Gasteiger partial charge in [0.2, 0.25) is 5.88 Å². The molecule has 3 aromatic rings. The highest BCUT2D eigenvalue weighted by Crippen LogP contribution is 2.36. The number of rotatable bonds is 8. The number of halogens is 4. The van der Waals surface area contributed by atoms with E-state index in [2.05, 4.69) is 54.4 Å². The number of benzene rings is 1. The molecule has 7 nitrogen and oxygen atoms in total. The fraction of sp³-hybridized carbons (Fsp3) is 0.385. The summed E-state index contributed by atoms with van der Waals surface area (Å²) in [7, 11) is -1.91. The number of carbonyl (C=O) groups is 1. The summed E-state index contributed by atoms with van der Waals surface area (Å²) in [5.41, 5.74) is 1.13. The molecular formula is C26H30ClF3N4O3Si. The number of hydrogen-bond donors (Lipinski definition) is 1. The average molecular weight is 567 g/mol. The first-order valence-corrected chi connectivity index (χ1v) is 15.1. The van der Waals surface area contributed by atoms with Gasteiger partial charge in [-0.3, -0.25) is 4.79 Å². The van der Waals surface area contributed by atoms with E-state index in [9.17, 15) is 18.0 Å². The quantitative estimate of drug-likeness (QED) is 0.177. The summed E-state index contributed by atoms with van der Waals surface area (Å²) in [4.78, 5) is 16.8. The maximum absolute atomic E-state index is 13.0. The fourth-order valence-corrected chi connectivity index (χ4v) is 4.43. The van der Waals surface area contributed by atoms with E-state index in [4.69, 9.17) is 20.8 Å². The first-order chi connectivity index (χ1) is 17.6. The topological polar surface area (TPSA) is 86.2 Å². The van der Waals surface area contributed by atoms with E-state index in [1.807, 2.05) is 6.92 Å². The van der Waals surface area contributed by atoms with Crippen LogP contribution in [0.3, 0.4) is 0 Å². The van der Waals surface area contributed by atoms with Crippen LogP contribution in [0.1, 0.15) is 42.4 Å². The van der Waals surface area contributed by atoms with Crippen LogP contribution in [-0.4, -0.2) is 42.6 Å². The van der Waals surface area contributed by atoms with E-state index < -0.39 is 31.7 Å². The number of aromatic nitrogens is 3. The van der Waals surface area contributed by atoms with Crippen LogP contribution in [0.5, 0.6) is 5.88 Å². The van der Waals surface area contributed by atoms with Crippen LogP contribution in [-0.2, 0) is 10.6 Å². The van der Waals surface area contributed by atoms with Crippen molar-refractivity contribution in [3.8, 4) is 17.0 Å². The Bertz CT molecular complexity index is 1310. The average Bonchev–Trinajstić information content (AvgIpc) is 2.81. The monoisotopic (exact) mass is 566 g/mol. The number of nitrogens with one attached hydrogen (secondary N) is 1. The van der Waals surface area contributed by atoms with Crippen molar-refractivity contribution in [2.24, 2.45) is 0 Å². The van der Waals surface area contributed by atoms with Crippen LogP contribution in [0.2, 0.25) is 23.3 Å². The Morgan fingerprint density at radius 2 is 1.79 bits per heavy atom. The van der Waals surface area contributed by atoms with Crippen LogP contribution in [0.25, 0.3) is 11.1 Å². The summed E-state index contributed by atoms with van der Waals surface area (Å²) >= 11 is 6.26. The highest BCUT2D eigenvalue weighted by Gasteiger charge is 2.37. The Kier molecular flexibility index (Phi) is 8.85. The molecule has 0 aliphatic heterocycles. The van der Waals surface area contributed by atoms with Crippen molar-refractivity contribution in [1.82, 2.24) is 15.2 Å². The van der Waals surface area contributed by atoms with E-state index in [1.54, 1.807) is 30.3 Å². The van der Waals surface area contributed by atoms with Crippen molar-refractivity contribution in [1.29, 1.82) is 0 Å². The molecule has 0 atom stereocenters. The summed E-state index contributed by atoms with van der Waals surface area (Å²) in [6.07, 6.45) is -4.08. The van der Waals surface area contributed by atoms with Gasteiger partial charge >= 0.3 is 6.18 Å². The lowest BCUT2D eigenvalue weighted by molar-refractivity contribution is -0.137. The van der Waals surface area contributed by atoms with Crippen molar-refractivity contribution >= 4 is 31.5 Å². The molecule has 2 heterocycles. The second-order valence-corrected chi connectivity index (χ2v) is 15.5. The number of hydrogen-bond acceptors (Lipinski definition) is 6. The van der Waals surface area contributed by atoms with Crippen molar-refractivity contribution < 1.29 is 27.1 Å². The van der Waals surface area contributed by atoms with E-state index in [1.165, 1.54) is 0 Å². The maximum atomic E-state index is 13.0. The standard InChI is InChI=1S/C26H30ClF3N4O3Si/c1-16-7-8-19(32-24(35)21-13-18(15-31-34-21)26(28,29)30)14-20(16)17-11-22(27)33-23(12-17)36-9-10-37-38(5,6)25(2,3)4/h7-8,11-15H,9-10H2,1-6H3,(H,32,35). The molecule has 0 aliphatic carbocycles. The summed E-state index contributed by atoms with van der Waals surface area (Å²) < 4.78 is 50.9. The van der Waals surface area contributed by atoms with Gasteiger partial charge < -0.3 is 14.5 Å². The zero-order chi connectivity index (χ0) is 28.3. The van der Waals surface area contributed by atoms with Crippen LogP contribution in [0.4, 0.5) is 18.9 Å². The summed E-state index contributed by atoms with van der Waals surface area (Å²) in [6, 6.07) is 9.13. The number of pyridine rings is 1. The Hall–Kier alpha value is -3.02. The molecule has 0 radical (unpaired) electrons. The third-order valence-corrected chi connectivity index (χ3v) is 11.1. The minimum Gasteiger partial charge on any atom is -0.475 e. The van der Waals surface area contributed by atoms with Gasteiger partial charge in [0.1, 0.15) is 11.8 Å². The highest BCUT2D eigenvalue weighted by atomic mass is 35.5. The SMILES string of the molecule is Cc1ccc(NC(=O)c2cc(C(F)(F)F)cnn2)cc1-c1cc(Cl)nc(OCCO[Si](C)(C)C(C)(C)C)c1. The summed E-state index contributed by atoms with van der Waals surface area (Å²) in [5, 5.41) is 9.69. The van der Waals surface area contributed by atoms with Crippen molar-refractivity contribution in [2.75, 3.05) is 18.5 Å². The molecule has 0 saturated heterocycles. The number of ether oxygens (including phenoxy) is 1. The smallest absolute Gasteiger partial charge is 0.418 e. The molecular weight excluding hydrogens is 537 g/mol. The molecule has 0 unspecified atom stereocenters. The number of amides is 1. The van der Waals surface area contributed by atoms with Crippen molar-refractivity contribution in [3.63, 3.8) is 0 Å². The molecule has 0 aliphatic rings. The molecule has 0 spiro atoms. The minimum atomic E-state index is -4.64. The molecule has 0 bridgehead atoms. The van der Waals surface area contributed by atoms with Gasteiger partial charge in [0.25, 0.3) is 5.91 Å². The van der Waals surface area contributed by atoms with Gasteiger partial charge in [0, 0.05) is 11.8 Å². The van der Waals surface area contributed by atoms with Gasteiger partial charge in [0.15, 0.2) is 14.0 Å². The molecule has 0 fully saturated rings. The lowest BCUT2D eigenvalue weighted by atomic mass is 10.0. The fourth-order valence-electron chi connectivity index (χ4n) is 3.20. The molecule has 2 aromatic heterocycles. The van der Waals surface area contributed by atoms with Gasteiger partial charge in [-0.15, -0.1) is 5.10 Å². The Labute approximate surface area is 225 Å². The lowest BCUT2D eigenvalue weighted by Gasteiger charge is -2.36. The molecule has 1 aromatic carbocycles. The van der Waals surface area contributed by atoms with Gasteiger partial charge in [-0.25, -0.2) is 4.98 Å². The molecule has 0 saturated carbocycles. The summed E-state index contributed by atoms with van der Waals surface area (Å²) in [5.74, 6) is -0.503. The number of anilines is 1. The van der Waals surface area contributed by atoms with E-state index >= 15 is 0 Å². The van der Waals surface area contributed by atoms with Crippen LogP contribution in [0, 0.1) is 6.92 Å². The van der Waals surface area contributed by atoms with Crippen molar-refractivity contribution in [3.05, 3.63) is 64.6 Å². The molecule has 204 valence electrons. The molecule has 3 rings (SSSR count). The van der Waals surface area contributed by atoms with Gasteiger partial charge in [0.05, 0.1) is 18.4 Å². The third-order valence-electron chi connectivity index (χ3n) is 6.39. The van der Waals surface area contributed by atoms with Crippen molar-refractivity contribution in [2.45, 2.75) is 52.0 Å². The number of aryl methyl sites for hydroxylation is 1. The van der Waals surface area contributed by atoms with Gasteiger partial charge in [-0.2, -0.15) is 18.3 Å². The number of carbonyl (C=O) groups excluding carboxylic acids is 1. The van der Waals surface area contributed by atoms with Crippen LogP contribution >= 0.6 is 11.6 Å². The van der Waals surface area contributed by atoms with E-state index in [0.717, 1.165) is 11.1 Å². The molecule has 1 N–H and O–H groups in total. The highest BCUT2D eigenvalue weighted by molar-refractivity contribution is 6.74. The maximum Gasteiger partial charge on any atom is 0.418 e. The first kappa shape index (κ1) is 29.5.